The lowest BCUT2D eigenvalue weighted by atomic mass is 10.1. The van der Waals surface area contributed by atoms with Crippen LogP contribution < -0.4 is 11.2 Å². The van der Waals surface area contributed by atoms with Crippen LogP contribution in [0.2, 0.25) is 0 Å². The van der Waals surface area contributed by atoms with Crippen LogP contribution in [0, 0.1) is 13.8 Å². The summed E-state index contributed by atoms with van der Waals surface area (Å²) in [5, 5.41) is 4.17. The fraction of sp³-hybridized carbons (Fsp3) is 0.143. The zero-order chi connectivity index (χ0) is 18.7. The van der Waals surface area contributed by atoms with Crippen molar-refractivity contribution in [1.82, 2.24) is 9.99 Å². The van der Waals surface area contributed by atoms with Gasteiger partial charge in [-0.25, -0.2) is 5.43 Å². The number of benzene rings is 2. The van der Waals surface area contributed by atoms with Crippen molar-refractivity contribution in [2.45, 2.75) is 20.8 Å². The van der Waals surface area contributed by atoms with Gasteiger partial charge in [0.15, 0.2) is 0 Å². The second kappa shape index (κ2) is 7.27. The van der Waals surface area contributed by atoms with Gasteiger partial charge in [0.1, 0.15) is 0 Å². The first kappa shape index (κ1) is 17.5. The van der Waals surface area contributed by atoms with Crippen molar-refractivity contribution in [2.75, 3.05) is 5.73 Å². The van der Waals surface area contributed by atoms with Gasteiger partial charge in [-0.1, -0.05) is 12.1 Å². The molecule has 3 N–H and O–H groups in total. The van der Waals surface area contributed by atoms with E-state index in [2.05, 4.69) is 41.1 Å². The normalized spacial score (nSPS) is 11.4. The van der Waals surface area contributed by atoms with E-state index >= 15 is 0 Å². The van der Waals surface area contributed by atoms with E-state index in [4.69, 9.17) is 5.73 Å². The number of nitrogens with one attached hydrogen (secondary N) is 1. The number of amides is 1. The highest BCUT2D eigenvalue weighted by molar-refractivity contribution is 6.01. The van der Waals surface area contributed by atoms with Crippen LogP contribution in [0.1, 0.15) is 34.2 Å². The van der Waals surface area contributed by atoms with Crippen molar-refractivity contribution in [3.63, 3.8) is 0 Å². The van der Waals surface area contributed by atoms with Gasteiger partial charge in [0.25, 0.3) is 5.91 Å². The first-order valence-corrected chi connectivity index (χ1v) is 8.41. The van der Waals surface area contributed by atoms with Gasteiger partial charge in [-0.3, -0.25) is 4.79 Å². The summed E-state index contributed by atoms with van der Waals surface area (Å²) in [7, 11) is 0. The monoisotopic (exact) mass is 346 g/mol. The van der Waals surface area contributed by atoms with E-state index in [9.17, 15) is 4.79 Å². The molecule has 2 aromatic carbocycles. The van der Waals surface area contributed by atoms with Gasteiger partial charge >= 0.3 is 0 Å². The van der Waals surface area contributed by atoms with Gasteiger partial charge in [-0.15, -0.1) is 0 Å². The van der Waals surface area contributed by atoms with E-state index in [1.54, 1.807) is 24.3 Å². The molecule has 0 aliphatic carbocycles. The molecule has 26 heavy (non-hydrogen) atoms. The third kappa shape index (κ3) is 3.67. The highest BCUT2D eigenvalue weighted by Gasteiger charge is 2.08. The predicted octanol–water partition coefficient (Wildman–Crippen LogP) is 3.83. The van der Waals surface area contributed by atoms with Crippen molar-refractivity contribution in [1.29, 1.82) is 0 Å². The van der Waals surface area contributed by atoms with Crippen LogP contribution in [0.4, 0.5) is 5.69 Å². The highest BCUT2D eigenvalue weighted by Crippen LogP contribution is 2.17. The summed E-state index contributed by atoms with van der Waals surface area (Å²) in [6, 6.07) is 19.0. The summed E-state index contributed by atoms with van der Waals surface area (Å²) >= 11 is 0. The Morgan fingerprint density at radius 1 is 0.885 bits per heavy atom. The van der Waals surface area contributed by atoms with Crippen LogP contribution in [-0.4, -0.2) is 16.2 Å². The number of hydrogen-bond acceptors (Lipinski definition) is 3. The molecule has 1 aromatic heterocycles. The van der Waals surface area contributed by atoms with Gasteiger partial charge in [-0.2, -0.15) is 5.10 Å². The molecular formula is C21H22N4O. The summed E-state index contributed by atoms with van der Waals surface area (Å²) in [6.07, 6.45) is 0. The van der Waals surface area contributed by atoms with Crippen LogP contribution in [-0.2, 0) is 0 Å². The van der Waals surface area contributed by atoms with Gasteiger partial charge in [0.05, 0.1) is 5.71 Å². The molecule has 0 unspecified atom stereocenters. The molecule has 0 spiro atoms. The molecule has 0 saturated heterocycles. The number of nitrogens with two attached hydrogens (primary N) is 1. The predicted molar refractivity (Wildman–Crippen MR) is 106 cm³/mol. The molecule has 0 atom stereocenters. The SMILES string of the molecule is C/C(=N\NC(=O)c1ccc(-n2c(C)ccc2C)cc1)c1ccc(N)cc1. The van der Waals surface area contributed by atoms with Gasteiger partial charge in [0, 0.05) is 28.3 Å². The number of nitrogens with zero attached hydrogens (tertiary/aromatic N) is 2. The molecule has 0 aliphatic rings. The molecule has 5 nitrogen and oxygen atoms in total. The van der Waals surface area contributed by atoms with E-state index in [1.165, 1.54) is 0 Å². The summed E-state index contributed by atoms with van der Waals surface area (Å²) < 4.78 is 2.14. The Bertz CT molecular complexity index is 931. The minimum atomic E-state index is -0.243. The Labute approximate surface area is 153 Å². The first-order valence-electron chi connectivity index (χ1n) is 8.41. The Morgan fingerprint density at radius 3 is 2.00 bits per heavy atom. The average Bonchev–Trinajstić information content (AvgIpc) is 2.98. The van der Waals surface area contributed by atoms with Crippen LogP contribution in [0.15, 0.2) is 65.8 Å². The summed E-state index contributed by atoms with van der Waals surface area (Å²) in [5.74, 6) is -0.243. The Hall–Kier alpha value is -3.34. The Balaban J connectivity index is 1.72. The molecule has 0 radical (unpaired) electrons. The summed E-state index contributed by atoms with van der Waals surface area (Å²) in [5.41, 5.74) is 14.5. The van der Waals surface area contributed by atoms with Gasteiger partial charge in [0.2, 0.25) is 0 Å². The van der Waals surface area contributed by atoms with Gasteiger partial charge in [-0.05, 0) is 74.9 Å². The summed E-state index contributed by atoms with van der Waals surface area (Å²) in [6.45, 7) is 5.96. The molecule has 132 valence electrons. The van der Waals surface area contributed by atoms with E-state index in [0.717, 1.165) is 22.6 Å². The number of anilines is 1. The number of aryl methyl sites for hydroxylation is 2. The van der Waals surface area contributed by atoms with Crippen LogP contribution in [0.25, 0.3) is 5.69 Å². The standard InChI is InChI=1S/C21H22N4O/c1-14-4-5-15(2)25(14)20-12-8-18(9-13-20)21(26)24-23-16(3)17-6-10-19(22)11-7-17/h4-13H,22H2,1-3H3,(H,24,26)/b23-16+. The van der Waals surface area contributed by atoms with Crippen LogP contribution in [0.5, 0.6) is 0 Å². The van der Waals surface area contributed by atoms with Crippen LogP contribution in [0.3, 0.4) is 0 Å². The number of hydrogen-bond donors (Lipinski definition) is 2. The molecule has 1 amide bonds. The Kier molecular flexibility index (Phi) is 4.89. The third-order valence-electron chi connectivity index (χ3n) is 4.31. The van der Waals surface area contributed by atoms with Crippen molar-refractivity contribution >= 4 is 17.3 Å². The molecule has 0 saturated carbocycles. The molecular weight excluding hydrogens is 324 g/mol. The first-order chi connectivity index (χ1) is 12.5. The van der Waals surface area contributed by atoms with Crippen molar-refractivity contribution in [2.24, 2.45) is 5.10 Å². The second-order valence-electron chi connectivity index (χ2n) is 6.26. The third-order valence-corrected chi connectivity index (χ3v) is 4.31. The smallest absolute Gasteiger partial charge is 0.271 e. The van der Waals surface area contributed by atoms with Crippen molar-refractivity contribution in [3.8, 4) is 5.69 Å². The zero-order valence-corrected chi connectivity index (χ0v) is 15.2. The largest absolute Gasteiger partial charge is 0.399 e. The number of hydrazone groups is 1. The minimum Gasteiger partial charge on any atom is -0.399 e. The second-order valence-corrected chi connectivity index (χ2v) is 6.26. The minimum absolute atomic E-state index is 0.243. The van der Waals surface area contributed by atoms with Crippen LogP contribution >= 0.6 is 0 Å². The van der Waals surface area contributed by atoms with E-state index < -0.39 is 0 Å². The molecule has 3 rings (SSSR count). The maximum atomic E-state index is 12.3. The van der Waals surface area contributed by atoms with E-state index in [0.29, 0.717) is 17.0 Å². The molecule has 0 bridgehead atoms. The number of nitrogen functional groups attached to an aromatic ring is 1. The van der Waals surface area contributed by atoms with E-state index in [-0.39, 0.29) is 5.91 Å². The number of carbonyl (C=O) groups is 1. The number of rotatable bonds is 4. The maximum absolute atomic E-state index is 12.3. The average molecular weight is 346 g/mol. The van der Waals surface area contributed by atoms with Crippen molar-refractivity contribution < 1.29 is 4.79 Å². The lowest BCUT2D eigenvalue weighted by Crippen LogP contribution is -2.19. The fourth-order valence-electron chi connectivity index (χ4n) is 2.83. The highest BCUT2D eigenvalue weighted by atomic mass is 16.2. The molecule has 1 heterocycles. The van der Waals surface area contributed by atoms with Gasteiger partial charge < -0.3 is 10.3 Å². The molecule has 3 aromatic rings. The zero-order valence-electron chi connectivity index (χ0n) is 15.2. The molecule has 5 heteroatoms. The Morgan fingerprint density at radius 2 is 1.42 bits per heavy atom. The topological polar surface area (TPSA) is 72.4 Å². The lowest BCUT2D eigenvalue weighted by molar-refractivity contribution is 0.0955. The number of aromatic nitrogens is 1. The van der Waals surface area contributed by atoms with E-state index in [1.807, 2.05) is 31.2 Å². The quantitative estimate of drug-likeness (QED) is 0.428. The maximum Gasteiger partial charge on any atom is 0.271 e. The molecule has 0 fully saturated rings. The number of carbonyl (C=O) groups excluding carboxylic acids is 1. The van der Waals surface area contributed by atoms with Crippen molar-refractivity contribution in [3.05, 3.63) is 83.2 Å². The summed E-state index contributed by atoms with van der Waals surface area (Å²) in [4.78, 5) is 12.3. The fourth-order valence-corrected chi connectivity index (χ4v) is 2.83. The lowest BCUT2D eigenvalue weighted by Gasteiger charge is -2.10. The molecule has 0 aliphatic heterocycles.